The summed E-state index contributed by atoms with van der Waals surface area (Å²) >= 11 is 0. The van der Waals surface area contributed by atoms with E-state index in [4.69, 9.17) is 10.5 Å². The van der Waals surface area contributed by atoms with Crippen molar-refractivity contribution < 1.29 is 17.9 Å². The van der Waals surface area contributed by atoms with Crippen molar-refractivity contribution in [2.24, 2.45) is 20.7 Å². The molecule has 0 bridgehead atoms. The molecule has 2 N–H and O–H groups in total. The van der Waals surface area contributed by atoms with Crippen LogP contribution in [-0.2, 0) is 4.74 Å². The molecule has 0 rings (SSSR count). The fraction of sp³-hybridized carbons (Fsp3) is 0.750. The van der Waals surface area contributed by atoms with Gasteiger partial charge in [-0.1, -0.05) is 0 Å². The SMILES string of the molecule is C=NC(=NCC(N)N(C)C(=NCC)C(F)(F)F)OC(C)C. The highest BCUT2D eigenvalue weighted by Gasteiger charge is 2.39. The number of nitrogens with zero attached hydrogens (tertiary/aromatic N) is 4. The van der Waals surface area contributed by atoms with E-state index in [0.29, 0.717) is 0 Å². The number of likely N-dealkylation sites (N-methyl/N-ethyl adjacent to an activating group) is 1. The lowest BCUT2D eigenvalue weighted by Gasteiger charge is -2.28. The highest BCUT2D eigenvalue weighted by Crippen LogP contribution is 2.20. The number of hydrogen-bond donors (Lipinski definition) is 1. The van der Waals surface area contributed by atoms with Gasteiger partial charge in [0.1, 0.15) is 0 Å². The van der Waals surface area contributed by atoms with Crippen LogP contribution in [0.2, 0.25) is 0 Å². The van der Waals surface area contributed by atoms with Gasteiger partial charge < -0.3 is 15.4 Å². The van der Waals surface area contributed by atoms with Gasteiger partial charge in [-0.2, -0.15) is 13.2 Å². The summed E-state index contributed by atoms with van der Waals surface area (Å²) < 4.78 is 43.7. The normalized spacial score (nSPS) is 15.1. The number of halogens is 3. The lowest BCUT2D eigenvalue weighted by molar-refractivity contribution is -0.0695. The lowest BCUT2D eigenvalue weighted by Crippen LogP contribution is -2.50. The van der Waals surface area contributed by atoms with Gasteiger partial charge in [0.2, 0.25) is 5.84 Å². The van der Waals surface area contributed by atoms with E-state index in [9.17, 15) is 13.2 Å². The van der Waals surface area contributed by atoms with E-state index in [-0.39, 0.29) is 25.2 Å². The number of alkyl halides is 3. The molecule has 21 heavy (non-hydrogen) atoms. The summed E-state index contributed by atoms with van der Waals surface area (Å²) in [5.41, 5.74) is 5.70. The Balaban J connectivity index is 4.91. The second-order valence-corrected chi connectivity index (χ2v) is 4.42. The first kappa shape index (κ1) is 19.4. The maximum atomic E-state index is 12.8. The lowest BCUT2D eigenvalue weighted by atomic mass is 10.4. The first-order valence-electron chi connectivity index (χ1n) is 6.41. The topological polar surface area (TPSA) is 75.6 Å². The van der Waals surface area contributed by atoms with Crippen LogP contribution in [0.5, 0.6) is 0 Å². The molecule has 0 aromatic heterocycles. The van der Waals surface area contributed by atoms with Gasteiger partial charge >= 0.3 is 12.2 Å². The van der Waals surface area contributed by atoms with Crippen LogP contribution in [0.1, 0.15) is 20.8 Å². The summed E-state index contributed by atoms with van der Waals surface area (Å²) in [5.74, 6) is -1.04. The van der Waals surface area contributed by atoms with Crippen LogP contribution in [0.3, 0.4) is 0 Å². The van der Waals surface area contributed by atoms with Crippen LogP contribution in [0.15, 0.2) is 15.0 Å². The van der Waals surface area contributed by atoms with Crippen molar-refractivity contribution in [3.63, 3.8) is 0 Å². The minimum atomic E-state index is -4.57. The van der Waals surface area contributed by atoms with Crippen molar-refractivity contribution in [1.82, 2.24) is 4.90 Å². The summed E-state index contributed by atoms with van der Waals surface area (Å²) in [4.78, 5) is 11.7. The summed E-state index contributed by atoms with van der Waals surface area (Å²) in [6.45, 7) is 8.20. The molecule has 0 heterocycles. The second kappa shape index (κ2) is 8.60. The fourth-order valence-corrected chi connectivity index (χ4v) is 1.34. The average molecular weight is 309 g/mol. The summed E-state index contributed by atoms with van der Waals surface area (Å²) in [7, 11) is 1.21. The zero-order valence-corrected chi connectivity index (χ0v) is 12.7. The van der Waals surface area contributed by atoms with Gasteiger partial charge in [0.15, 0.2) is 0 Å². The Morgan fingerprint density at radius 3 is 2.29 bits per heavy atom. The van der Waals surface area contributed by atoms with Crippen LogP contribution >= 0.6 is 0 Å². The predicted molar refractivity (Wildman–Crippen MR) is 77.8 cm³/mol. The molecule has 1 atom stereocenters. The molecule has 0 radical (unpaired) electrons. The molecule has 0 aliphatic rings. The van der Waals surface area contributed by atoms with Crippen LogP contribution in [-0.4, -0.2) is 62.1 Å². The minimum absolute atomic E-state index is 0.00478. The van der Waals surface area contributed by atoms with Crippen molar-refractivity contribution in [2.45, 2.75) is 39.2 Å². The molecular formula is C12H22F3N5O. The van der Waals surface area contributed by atoms with Gasteiger partial charge in [-0.25, -0.2) is 9.98 Å². The van der Waals surface area contributed by atoms with Gasteiger partial charge in [0, 0.05) is 13.6 Å². The average Bonchev–Trinajstić information content (AvgIpc) is 2.37. The maximum absolute atomic E-state index is 12.8. The molecule has 0 saturated carbocycles. The molecule has 0 aromatic carbocycles. The number of aliphatic imine (C=N–C) groups is 3. The Morgan fingerprint density at radius 2 is 1.90 bits per heavy atom. The van der Waals surface area contributed by atoms with E-state index in [2.05, 4.69) is 21.7 Å². The van der Waals surface area contributed by atoms with Gasteiger partial charge in [-0.05, 0) is 27.5 Å². The van der Waals surface area contributed by atoms with Gasteiger partial charge in [0.05, 0.1) is 18.8 Å². The first-order chi connectivity index (χ1) is 9.63. The molecule has 0 aromatic rings. The molecular weight excluding hydrogens is 287 g/mol. The van der Waals surface area contributed by atoms with Crippen molar-refractivity contribution in [3.05, 3.63) is 0 Å². The standard InChI is InChI=1S/C12H22F3N5O/c1-6-18-10(12(13,14)15)20(5)9(16)7-19-11(17-4)21-8(2)3/h8-9H,4,6-7,16H2,1-3,5H3. The van der Waals surface area contributed by atoms with E-state index in [1.54, 1.807) is 13.8 Å². The molecule has 0 aliphatic carbocycles. The van der Waals surface area contributed by atoms with Crippen molar-refractivity contribution in [3.8, 4) is 0 Å². The minimum Gasteiger partial charge on any atom is -0.461 e. The second-order valence-electron chi connectivity index (χ2n) is 4.42. The molecule has 0 amide bonds. The predicted octanol–water partition coefficient (Wildman–Crippen LogP) is 1.67. The van der Waals surface area contributed by atoms with Gasteiger partial charge in [-0.3, -0.25) is 4.99 Å². The van der Waals surface area contributed by atoms with Gasteiger partial charge in [-0.15, -0.1) is 0 Å². The Labute approximate surface area is 122 Å². The molecule has 0 aliphatic heterocycles. The van der Waals surface area contributed by atoms with Gasteiger partial charge in [0.25, 0.3) is 0 Å². The molecule has 1 unspecified atom stereocenters. The van der Waals surface area contributed by atoms with Crippen molar-refractivity contribution in [2.75, 3.05) is 20.1 Å². The van der Waals surface area contributed by atoms with E-state index in [1.807, 2.05) is 0 Å². The molecule has 9 heteroatoms. The third-order valence-electron chi connectivity index (χ3n) is 2.28. The van der Waals surface area contributed by atoms with Crippen molar-refractivity contribution in [1.29, 1.82) is 0 Å². The zero-order chi connectivity index (χ0) is 16.6. The number of rotatable bonds is 5. The molecule has 0 fully saturated rings. The number of hydrogen-bond acceptors (Lipinski definition) is 4. The zero-order valence-electron chi connectivity index (χ0n) is 12.7. The first-order valence-corrected chi connectivity index (χ1v) is 6.41. The maximum Gasteiger partial charge on any atom is 0.449 e. The number of ether oxygens (including phenoxy) is 1. The van der Waals surface area contributed by atoms with E-state index in [0.717, 1.165) is 4.90 Å². The van der Waals surface area contributed by atoms with Crippen LogP contribution < -0.4 is 5.73 Å². The van der Waals surface area contributed by atoms with Crippen LogP contribution in [0.4, 0.5) is 13.2 Å². The smallest absolute Gasteiger partial charge is 0.449 e. The Hall–Kier alpha value is -1.64. The highest BCUT2D eigenvalue weighted by atomic mass is 19.4. The van der Waals surface area contributed by atoms with Crippen LogP contribution in [0.25, 0.3) is 0 Å². The summed E-state index contributed by atoms with van der Waals surface area (Å²) in [6, 6.07) is -0.00478. The monoisotopic (exact) mass is 309 g/mol. The van der Waals surface area contributed by atoms with Crippen LogP contribution in [0, 0.1) is 0 Å². The Kier molecular flexibility index (Phi) is 7.93. The summed E-state index contributed by atoms with van der Waals surface area (Å²) in [6.07, 6.45) is -5.75. The largest absolute Gasteiger partial charge is 0.461 e. The van der Waals surface area contributed by atoms with E-state index < -0.39 is 18.2 Å². The van der Waals surface area contributed by atoms with Crippen molar-refractivity contribution >= 4 is 18.6 Å². The van der Waals surface area contributed by atoms with E-state index in [1.165, 1.54) is 14.0 Å². The van der Waals surface area contributed by atoms with E-state index >= 15 is 0 Å². The molecule has 6 nitrogen and oxygen atoms in total. The third-order valence-corrected chi connectivity index (χ3v) is 2.28. The molecule has 0 spiro atoms. The Morgan fingerprint density at radius 1 is 1.33 bits per heavy atom. The third kappa shape index (κ3) is 7.07. The summed E-state index contributed by atoms with van der Waals surface area (Å²) in [5, 5.41) is 0. The fourth-order valence-electron chi connectivity index (χ4n) is 1.34. The molecule has 122 valence electrons. The highest BCUT2D eigenvalue weighted by molar-refractivity contribution is 5.87. The Bertz CT molecular complexity index is 393. The molecule has 0 saturated heterocycles. The quantitative estimate of drug-likeness (QED) is 0.477. The number of amidine groups is 2. The number of nitrogens with two attached hydrogens (primary N) is 1.